The van der Waals surface area contributed by atoms with Crippen molar-refractivity contribution < 1.29 is 27.5 Å². The largest absolute Gasteiger partial charge is 0.481 e. The van der Waals surface area contributed by atoms with Crippen molar-refractivity contribution in [2.24, 2.45) is 0 Å². The van der Waals surface area contributed by atoms with E-state index in [-0.39, 0.29) is 23.4 Å². The molecule has 0 spiro atoms. The number of fused-ring (bicyclic) bond motifs is 1. The zero-order valence-corrected chi connectivity index (χ0v) is 15.8. The fourth-order valence-corrected chi connectivity index (χ4v) is 3.05. The van der Waals surface area contributed by atoms with Crippen molar-refractivity contribution in [1.82, 2.24) is 0 Å². The molecular weight excluding hydrogens is 401 g/mol. The van der Waals surface area contributed by atoms with Crippen LogP contribution in [0.15, 0.2) is 39.5 Å². The Morgan fingerprint density at radius 2 is 1.80 bits per heavy atom. The Balaban J connectivity index is 1.79. The van der Waals surface area contributed by atoms with E-state index in [1.54, 1.807) is 0 Å². The number of unbranched alkanes of at least 4 members (excludes halogenated alkanes) is 2. The molecule has 0 unspecified atom stereocenters. The summed E-state index contributed by atoms with van der Waals surface area (Å²) in [5.74, 6) is -3.70. The first kappa shape index (κ1) is 21.2. The number of anilines is 2. The first-order chi connectivity index (χ1) is 14.3. The maximum absolute atomic E-state index is 14.4. The van der Waals surface area contributed by atoms with Crippen molar-refractivity contribution in [3.05, 3.63) is 58.0 Å². The van der Waals surface area contributed by atoms with Gasteiger partial charge in [0, 0.05) is 30.7 Å². The molecule has 30 heavy (non-hydrogen) atoms. The zero-order chi connectivity index (χ0) is 21.8. The van der Waals surface area contributed by atoms with Crippen LogP contribution in [-0.4, -0.2) is 17.6 Å². The summed E-state index contributed by atoms with van der Waals surface area (Å²) < 4.78 is 47.5. The van der Waals surface area contributed by atoms with E-state index in [2.05, 4.69) is 5.32 Å². The molecule has 6 nitrogen and oxygen atoms in total. The molecule has 1 aromatic heterocycles. The molecule has 0 saturated heterocycles. The fourth-order valence-electron chi connectivity index (χ4n) is 3.05. The number of hydrogen-bond acceptors (Lipinski definition) is 5. The third-order valence-corrected chi connectivity index (χ3v) is 4.58. The van der Waals surface area contributed by atoms with Gasteiger partial charge in [-0.3, -0.25) is 9.59 Å². The maximum Gasteiger partial charge on any atom is 0.303 e. The van der Waals surface area contributed by atoms with E-state index in [1.165, 1.54) is 12.1 Å². The summed E-state index contributed by atoms with van der Waals surface area (Å²) in [6.45, 7) is 0.455. The smallest absolute Gasteiger partial charge is 0.303 e. The zero-order valence-electron chi connectivity index (χ0n) is 15.8. The van der Waals surface area contributed by atoms with Crippen molar-refractivity contribution in [3.8, 4) is 11.3 Å². The Morgan fingerprint density at radius 1 is 1.03 bits per heavy atom. The summed E-state index contributed by atoms with van der Waals surface area (Å²) in [7, 11) is 0. The van der Waals surface area contributed by atoms with Gasteiger partial charge in [-0.05, 0) is 31.0 Å². The van der Waals surface area contributed by atoms with Crippen LogP contribution in [0, 0.1) is 17.5 Å². The molecule has 0 aliphatic rings. The SMILES string of the molecule is Nc1c(F)cc(F)c2oc(-c3ccc(NCCCCCC(=O)O)c(F)c3)cc(=O)c12. The molecule has 3 aromatic rings. The molecule has 0 saturated carbocycles. The number of nitrogens with two attached hydrogens (primary N) is 1. The molecule has 0 aliphatic heterocycles. The molecule has 0 bridgehead atoms. The molecule has 0 fully saturated rings. The first-order valence-electron chi connectivity index (χ1n) is 9.25. The molecular formula is C21H19F3N2O4. The number of aliphatic carboxylic acids is 1. The second-order valence-corrected chi connectivity index (χ2v) is 6.76. The maximum atomic E-state index is 14.4. The normalized spacial score (nSPS) is 11.0. The summed E-state index contributed by atoms with van der Waals surface area (Å²) in [6, 6.07) is 5.59. The monoisotopic (exact) mass is 420 g/mol. The molecule has 0 amide bonds. The van der Waals surface area contributed by atoms with Crippen molar-refractivity contribution in [2.75, 3.05) is 17.6 Å². The van der Waals surface area contributed by atoms with E-state index >= 15 is 0 Å². The number of benzene rings is 2. The number of nitrogens with one attached hydrogen (secondary N) is 1. The molecule has 4 N–H and O–H groups in total. The van der Waals surface area contributed by atoms with E-state index in [9.17, 15) is 22.8 Å². The number of carbonyl (C=O) groups is 1. The predicted molar refractivity (Wildman–Crippen MR) is 107 cm³/mol. The highest BCUT2D eigenvalue weighted by atomic mass is 19.1. The Hall–Kier alpha value is -3.49. The lowest BCUT2D eigenvalue weighted by molar-refractivity contribution is -0.137. The molecule has 0 atom stereocenters. The van der Waals surface area contributed by atoms with Crippen LogP contribution in [-0.2, 0) is 4.79 Å². The Bertz CT molecular complexity index is 1160. The van der Waals surface area contributed by atoms with Crippen molar-refractivity contribution >= 4 is 28.3 Å². The van der Waals surface area contributed by atoms with Gasteiger partial charge >= 0.3 is 5.97 Å². The lowest BCUT2D eigenvalue weighted by atomic mass is 10.1. The van der Waals surface area contributed by atoms with Gasteiger partial charge < -0.3 is 20.6 Å². The minimum Gasteiger partial charge on any atom is -0.481 e. The topological polar surface area (TPSA) is 106 Å². The van der Waals surface area contributed by atoms with Gasteiger partial charge in [0.2, 0.25) is 0 Å². The average Bonchev–Trinajstić information content (AvgIpc) is 2.69. The summed E-state index contributed by atoms with van der Waals surface area (Å²) in [6.07, 6.45) is 2.01. The van der Waals surface area contributed by atoms with Crippen molar-refractivity contribution in [2.45, 2.75) is 25.7 Å². The number of hydrogen-bond donors (Lipinski definition) is 3. The number of rotatable bonds is 8. The Kier molecular flexibility index (Phi) is 6.29. The predicted octanol–water partition coefficient (Wildman–Crippen LogP) is 4.52. The third-order valence-electron chi connectivity index (χ3n) is 4.58. The number of halogens is 3. The van der Waals surface area contributed by atoms with Gasteiger partial charge in [-0.25, -0.2) is 13.2 Å². The molecule has 9 heteroatoms. The summed E-state index contributed by atoms with van der Waals surface area (Å²) in [4.78, 5) is 22.8. The summed E-state index contributed by atoms with van der Waals surface area (Å²) >= 11 is 0. The van der Waals surface area contributed by atoms with Crippen LogP contribution in [0.3, 0.4) is 0 Å². The van der Waals surface area contributed by atoms with Crippen LogP contribution in [0.1, 0.15) is 25.7 Å². The second kappa shape index (κ2) is 8.89. The molecule has 3 rings (SSSR count). The van der Waals surface area contributed by atoms with Crippen LogP contribution in [0.25, 0.3) is 22.3 Å². The van der Waals surface area contributed by atoms with Gasteiger partial charge in [0.15, 0.2) is 16.8 Å². The minimum absolute atomic E-state index is 0.0865. The average molecular weight is 420 g/mol. The molecule has 158 valence electrons. The van der Waals surface area contributed by atoms with Crippen LogP contribution < -0.4 is 16.5 Å². The van der Waals surface area contributed by atoms with E-state index in [0.29, 0.717) is 31.9 Å². The quantitative estimate of drug-likeness (QED) is 0.366. The summed E-state index contributed by atoms with van der Waals surface area (Å²) in [5.41, 5.74) is 4.17. The lowest BCUT2D eigenvalue weighted by Gasteiger charge is -2.10. The van der Waals surface area contributed by atoms with Crippen LogP contribution in [0.2, 0.25) is 0 Å². The molecule has 0 aliphatic carbocycles. The minimum atomic E-state index is -1.09. The third kappa shape index (κ3) is 4.56. The molecule has 2 aromatic carbocycles. The van der Waals surface area contributed by atoms with Gasteiger partial charge in [0.05, 0.1) is 16.8 Å². The second-order valence-electron chi connectivity index (χ2n) is 6.76. The standard InChI is InChI=1S/C21H19F3N2O4/c22-12-8-11(5-6-15(12)26-7-3-1-2-4-18(28)29)17-10-16(27)19-20(25)13(23)9-14(24)21(19)30-17/h5-6,8-10,26H,1-4,7,25H2,(H,28,29). The number of carboxylic acid groups (broad SMARTS) is 1. The fraction of sp³-hybridized carbons (Fsp3) is 0.238. The van der Waals surface area contributed by atoms with Gasteiger partial charge in [0.25, 0.3) is 0 Å². The van der Waals surface area contributed by atoms with Gasteiger partial charge in [0.1, 0.15) is 17.4 Å². The van der Waals surface area contributed by atoms with Crippen LogP contribution in [0.5, 0.6) is 0 Å². The van der Waals surface area contributed by atoms with Gasteiger partial charge in [-0.15, -0.1) is 0 Å². The molecule has 1 heterocycles. The lowest BCUT2D eigenvalue weighted by Crippen LogP contribution is -2.07. The van der Waals surface area contributed by atoms with E-state index < -0.39 is 45.5 Å². The van der Waals surface area contributed by atoms with E-state index in [1.807, 2.05) is 0 Å². The van der Waals surface area contributed by atoms with Gasteiger partial charge in [-0.2, -0.15) is 0 Å². The summed E-state index contributed by atoms with van der Waals surface area (Å²) in [5, 5.41) is 11.1. The van der Waals surface area contributed by atoms with Gasteiger partial charge in [-0.1, -0.05) is 6.42 Å². The Morgan fingerprint density at radius 3 is 2.50 bits per heavy atom. The van der Waals surface area contributed by atoms with E-state index in [0.717, 1.165) is 12.1 Å². The Labute approximate surface area is 169 Å². The highest BCUT2D eigenvalue weighted by molar-refractivity contribution is 5.90. The highest BCUT2D eigenvalue weighted by Gasteiger charge is 2.17. The number of carboxylic acids is 1. The van der Waals surface area contributed by atoms with Crippen molar-refractivity contribution in [3.63, 3.8) is 0 Å². The van der Waals surface area contributed by atoms with Crippen LogP contribution >= 0.6 is 0 Å². The molecule has 0 radical (unpaired) electrons. The van der Waals surface area contributed by atoms with Crippen LogP contribution in [0.4, 0.5) is 24.5 Å². The first-order valence-corrected chi connectivity index (χ1v) is 9.25. The van der Waals surface area contributed by atoms with E-state index in [4.69, 9.17) is 15.3 Å². The van der Waals surface area contributed by atoms with Crippen molar-refractivity contribution in [1.29, 1.82) is 0 Å². The number of nitrogen functional groups attached to an aromatic ring is 1. The highest BCUT2D eigenvalue weighted by Crippen LogP contribution is 2.30.